The van der Waals surface area contributed by atoms with E-state index in [1.165, 1.54) is 28.6 Å². The number of fused-ring (bicyclic) bond motifs is 1. The van der Waals surface area contributed by atoms with E-state index in [-0.39, 0.29) is 11.0 Å². The third kappa shape index (κ3) is 3.70. The summed E-state index contributed by atoms with van der Waals surface area (Å²) in [6.07, 6.45) is 2.44. The van der Waals surface area contributed by atoms with Crippen molar-refractivity contribution in [1.82, 2.24) is 0 Å². The van der Waals surface area contributed by atoms with Crippen molar-refractivity contribution in [3.05, 3.63) is 100 Å². The number of hydrogen-bond acceptors (Lipinski definition) is 3. The number of halogens is 1. The molecule has 30 heavy (non-hydrogen) atoms. The Morgan fingerprint density at radius 2 is 1.70 bits per heavy atom. The molecule has 0 fully saturated rings. The number of nitrogens with zero attached hydrogens (tertiary/aromatic N) is 2. The van der Waals surface area contributed by atoms with Crippen molar-refractivity contribution >= 4 is 23.5 Å². The zero-order valence-corrected chi connectivity index (χ0v) is 18.4. The van der Waals surface area contributed by atoms with Crippen LogP contribution >= 0.6 is 11.6 Å². The Hall–Kier alpha value is -2.78. The quantitative estimate of drug-likeness (QED) is 0.292. The molecule has 1 unspecified atom stereocenters. The molecule has 4 heteroatoms. The van der Waals surface area contributed by atoms with Crippen LogP contribution in [0.15, 0.2) is 78.0 Å². The van der Waals surface area contributed by atoms with Gasteiger partial charge >= 0.3 is 0 Å². The molecule has 0 saturated carbocycles. The molecular formula is C26H27ClN2O. The van der Waals surface area contributed by atoms with Crippen LogP contribution in [0.3, 0.4) is 0 Å². The van der Waals surface area contributed by atoms with Gasteiger partial charge in [0.1, 0.15) is 0 Å². The maximum Gasteiger partial charge on any atom is 0.0733 e. The maximum atomic E-state index is 9.08. The SMILES string of the molecule is CC1(c2ccc(Cl)cc2)CC(C)(C)N(Cc2ccccc2)c2ccc(/C=N/O)cc21. The third-order valence-corrected chi connectivity index (χ3v) is 6.55. The monoisotopic (exact) mass is 418 g/mol. The van der Waals surface area contributed by atoms with E-state index in [0.717, 1.165) is 23.6 Å². The van der Waals surface area contributed by atoms with E-state index in [1.807, 2.05) is 18.2 Å². The fourth-order valence-electron chi connectivity index (χ4n) is 4.90. The first kappa shape index (κ1) is 20.5. The molecule has 1 atom stereocenters. The van der Waals surface area contributed by atoms with Crippen LogP contribution in [0, 0.1) is 0 Å². The summed E-state index contributed by atoms with van der Waals surface area (Å²) in [5.74, 6) is 0. The second kappa shape index (κ2) is 7.81. The Kier molecular flexibility index (Phi) is 5.33. The van der Waals surface area contributed by atoms with Gasteiger partial charge in [0.2, 0.25) is 0 Å². The summed E-state index contributed by atoms with van der Waals surface area (Å²) >= 11 is 6.18. The number of hydrogen-bond donors (Lipinski definition) is 1. The molecule has 0 aliphatic carbocycles. The molecule has 3 aromatic carbocycles. The highest BCUT2D eigenvalue weighted by atomic mass is 35.5. The van der Waals surface area contributed by atoms with E-state index in [9.17, 15) is 0 Å². The van der Waals surface area contributed by atoms with Crippen LogP contribution in [0.5, 0.6) is 0 Å². The van der Waals surface area contributed by atoms with Crippen LogP contribution in [-0.2, 0) is 12.0 Å². The van der Waals surface area contributed by atoms with E-state index in [4.69, 9.17) is 16.8 Å². The number of anilines is 1. The number of oxime groups is 1. The topological polar surface area (TPSA) is 35.8 Å². The highest BCUT2D eigenvalue weighted by Crippen LogP contribution is 2.51. The lowest BCUT2D eigenvalue weighted by atomic mass is 9.65. The van der Waals surface area contributed by atoms with Gasteiger partial charge < -0.3 is 10.1 Å². The van der Waals surface area contributed by atoms with Crippen LogP contribution in [-0.4, -0.2) is 17.0 Å². The molecule has 1 aliphatic rings. The molecule has 0 spiro atoms. The van der Waals surface area contributed by atoms with Gasteiger partial charge in [0.05, 0.1) is 6.21 Å². The first-order valence-electron chi connectivity index (χ1n) is 10.2. The van der Waals surface area contributed by atoms with Gasteiger partial charge in [0.25, 0.3) is 0 Å². The summed E-state index contributed by atoms with van der Waals surface area (Å²) in [7, 11) is 0. The standard InChI is InChI=1S/C26H27ClN2O/c1-25(2)18-26(3,21-10-12-22(27)13-11-21)23-15-20(16-28-30)9-14-24(23)29(25)17-19-7-5-4-6-8-19/h4-16,30H,17-18H2,1-3H3/b28-16+. The Bertz CT molecular complexity index is 1060. The van der Waals surface area contributed by atoms with Gasteiger partial charge in [-0.05, 0) is 66.8 Å². The summed E-state index contributed by atoms with van der Waals surface area (Å²) in [5, 5.41) is 13.1. The minimum atomic E-state index is -0.198. The summed E-state index contributed by atoms with van der Waals surface area (Å²) in [4.78, 5) is 2.50. The number of rotatable bonds is 4. The minimum absolute atomic E-state index is 0.0657. The molecule has 3 aromatic rings. The molecule has 0 bridgehead atoms. The zero-order valence-electron chi connectivity index (χ0n) is 17.6. The first-order valence-corrected chi connectivity index (χ1v) is 10.6. The fourth-order valence-corrected chi connectivity index (χ4v) is 5.03. The van der Waals surface area contributed by atoms with Crippen molar-refractivity contribution in [2.75, 3.05) is 4.90 Å². The molecular weight excluding hydrogens is 392 g/mol. The van der Waals surface area contributed by atoms with Gasteiger partial charge in [0.15, 0.2) is 0 Å². The predicted molar refractivity (Wildman–Crippen MR) is 125 cm³/mol. The molecule has 1 heterocycles. The van der Waals surface area contributed by atoms with Crippen molar-refractivity contribution in [2.24, 2.45) is 5.16 Å². The third-order valence-electron chi connectivity index (χ3n) is 6.29. The molecule has 1 N–H and O–H groups in total. The van der Waals surface area contributed by atoms with Gasteiger partial charge in [-0.2, -0.15) is 0 Å². The first-order chi connectivity index (χ1) is 14.3. The average Bonchev–Trinajstić information content (AvgIpc) is 2.72. The fraction of sp³-hybridized carbons (Fsp3) is 0.269. The van der Waals surface area contributed by atoms with Crippen LogP contribution in [0.1, 0.15) is 49.4 Å². The molecule has 4 rings (SSSR count). The second-order valence-corrected chi connectivity index (χ2v) is 9.36. The van der Waals surface area contributed by atoms with Crippen LogP contribution in [0.25, 0.3) is 0 Å². The molecule has 1 aliphatic heterocycles. The average molecular weight is 419 g/mol. The van der Waals surface area contributed by atoms with Crippen LogP contribution in [0.4, 0.5) is 5.69 Å². The molecule has 0 aromatic heterocycles. The van der Waals surface area contributed by atoms with Gasteiger partial charge in [-0.1, -0.05) is 72.2 Å². The molecule has 3 nitrogen and oxygen atoms in total. The van der Waals surface area contributed by atoms with Gasteiger partial charge in [-0.15, -0.1) is 0 Å². The minimum Gasteiger partial charge on any atom is -0.411 e. The maximum absolute atomic E-state index is 9.08. The molecule has 0 amide bonds. The summed E-state index contributed by atoms with van der Waals surface area (Å²) in [6, 6.07) is 25.1. The summed E-state index contributed by atoms with van der Waals surface area (Å²) in [6.45, 7) is 7.77. The van der Waals surface area contributed by atoms with Crippen LogP contribution < -0.4 is 4.90 Å². The predicted octanol–water partition coefficient (Wildman–Crippen LogP) is 6.64. The van der Waals surface area contributed by atoms with E-state index in [2.05, 4.69) is 85.4 Å². The van der Waals surface area contributed by atoms with Crippen molar-refractivity contribution in [3.8, 4) is 0 Å². The Balaban J connectivity index is 1.89. The highest BCUT2D eigenvalue weighted by molar-refractivity contribution is 6.30. The molecule has 0 saturated heterocycles. The van der Waals surface area contributed by atoms with E-state index >= 15 is 0 Å². The smallest absolute Gasteiger partial charge is 0.0733 e. The van der Waals surface area contributed by atoms with E-state index in [0.29, 0.717) is 0 Å². The van der Waals surface area contributed by atoms with Gasteiger partial charge in [-0.25, -0.2) is 0 Å². The van der Waals surface area contributed by atoms with E-state index < -0.39 is 0 Å². The number of benzene rings is 3. The van der Waals surface area contributed by atoms with Crippen LogP contribution in [0.2, 0.25) is 5.02 Å². The summed E-state index contributed by atoms with van der Waals surface area (Å²) in [5.41, 5.74) is 5.59. The largest absolute Gasteiger partial charge is 0.411 e. The van der Waals surface area contributed by atoms with Crippen molar-refractivity contribution in [2.45, 2.75) is 44.7 Å². The normalized spacial score (nSPS) is 20.3. The van der Waals surface area contributed by atoms with Crippen molar-refractivity contribution in [1.29, 1.82) is 0 Å². The van der Waals surface area contributed by atoms with Crippen molar-refractivity contribution in [3.63, 3.8) is 0 Å². The second-order valence-electron chi connectivity index (χ2n) is 8.92. The van der Waals surface area contributed by atoms with Gasteiger partial charge in [-0.3, -0.25) is 0 Å². The highest BCUT2D eigenvalue weighted by Gasteiger charge is 2.45. The molecule has 154 valence electrons. The summed E-state index contributed by atoms with van der Waals surface area (Å²) < 4.78 is 0. The Morgan fingerprint density at radius 3 is 2.37 bits per heavy atom. The lowest BCUT2D eigenvalue weighted by molar-refractivity contribution is 0.319. The Morgan fingerprint density at radius 1 is 1.00 bits per heavy atom. The van der Waals surface area contributed by atoms with Gasteiger partial charge in [0, 0.05) is 28.2 Å². The lowest BCUT2D eigenvalue weighted by Gasteiger charge is -2.53. The zero-order chi connectivity index (χ0) is 21.4. The Labute approximate surface area is 183 Å². The lowest BCUT2D eigenvalue weighted by Crippen LogP contribution is -2.53. The van der Waals surface area contributed by atoms with E-state index in [1.54, 1.807) is 0 Å². The van der Waals surface area contributed by atoms with Crippen molar-refractivity contribution < 1.29 is 5.21 Å². The molecule has 0 radical (unpaired) electrons.